The Labute approximate surface area is 112 Å². The molecule has 2 atom stereocenters. The standard InChI is InChI=1S/C13H13F4NO2/c14-8-4-1-3-7(10(8)13(15,16)17)12(18)6-2-5-9(19)11(12)20/h1,3-4,9,19H,2,5-6,18H2. The Morgan fingerprint density at radius 1 is 1.35 bits per heavy atom. The number of alkyl halides is 3. The van der Waals surface area contributed by atoms with Crippen LogP contribution in [-0.4, -0.2) is 17.0 Å². The molecule has 20 heavy (non-hydrogen) atoms. The smallest absolute Gasteiger partial charge is 0.385 e. The van der Waals surface area contributed by atoms with Crippen LogP contribution < -0.4 is 5.73 Å². The zero-order valence-corrected chi connectivity index (χ0v) is 10.4. The molecule has 0 spiro atoms. The first-order chi connectivity index (χ1) is 9.18. The molecule has 3 nitrogen and oxygen atoms in total. The topological polar surface area (TPSA) is 63.3 Å². The average Bonchev–Trinajstić information content (AvgIpc) is 2.34. The Morgan fingerprint density at radius 2 is 2.00 bits per heavy atom. The normalized spacial score (nSPS) is 27.7. The third-order valence-corrected chi connectivity index (χ3v) is 3.57. The van der Waals surface area contributed by atoms with Gasteiger partial charge in [0, 0.05) is 0 Å². The number of nitrogens with two attached hydrogens (primary N) is 1. The lowest BCUT2D eigenvalue weighted by atomic mass is 9.73. The zero-order chi connectivity index (χ0) is 15.1. The Morgan fingerprint density at radius 3 is 2.60 bits per heavy atom. The number of aliphatic hydroxyl groups is 1. The second kappa shape index (κ2) is 4.82. The first kappa shape index (κ1) is 14.9. The van der Waals surface area contributed by atoms with Crippen molar-refractivity contribution in [3.63, 3.8) is 0 Å². The zero-order valence-electron chi connectivity index (χ0n) is 10.4. The molecule has 0 aromatic heterocycles. The summed E-state index contributed by atoms with van der Waals surface area (Å²) < 4.78 is 52.5. The summed E-state index contributed by atoms with van der Waals surface area (Å²) in [5.74, 6) is -2.38. The highest BCUT2D eigenvalue weighted by Gasteiger charge is 2.48. The minimum absolute atomic E-state index is 0.0601. The van der Waals surface area contributed by atoms with Crippen LogP contribution in [0.5, 0.6) is 0 Å². The molecule has 1 aliphatic rings. The van der Waals surface area contributed by atoms with Crippen molar-refractivity contribution < 1.29 is 27.5 Å². The average molecular weight is 291 g/mol. The maximum atomic E-state index is 13.5. The van der Waals surface area contributed by atoms with E-state index in [0.717, 1.165) is 12.1 Å². The van der Waals surface area contributed by atoms with Crippen LogP contribution in [0.25, 0.3) is 0 Å². The molecule has 110 valence electrons. The molecule has 1 aromatic rings. The molecular weight excluding hydrogens is 278 g/mol. The minimum Gasteiger partial charge on any atom is -0.385 e. The molecule has 1 saturated carbocycles. The van der Waals surface area contributed by atoms with E-state index in [4.69, 9.17) is 5.73 Å². The molecule has 1 fully saturated rings. The highest BCUT2D eigenvalue weighted by molar-refractivity contribution is 5.94. The number of rotatable bonds is 1. The number of carbonyl (C=O) groups is 1. The lowest BCUT2D eigenvalue weighted by Crippen LogP contribution is -2.53. The number of halogens is 4. The molecular formula is C13H13F4NO2. The number of aliphatic hydroxyl groups excluding tert-OH is 1. The van der Waals surface area contributed by atoms with Crippen LogP contribution in [-0.2, 0) is 16.5 Å². The van der Waals surface area contributed by atoms with Crippen molar-refractivity contribution in [2.24, 2.45) is 5.73 Å². The predicted molar refractivity (Wildman–Crippen MR) is 62.1 cm³/mol. The summed E-state index contributed by atoms with van der Waals surface area (Å²) in [6.07, 6.45) is -6.00. The second-order valence-electron chi connectivity index (χ2n) is 4.90. The van der Waals surface area contributed by atoms with Crippen molar-refractivity contribution in [3.05, 3.63) is 35.1 Å². The summed E-state index contributed by atoms with van der Waals surface area (Å²) in [5, 5.41) is 9.53. The lowest BCUT2D eigenvalue weighted by Gasteiger charge is -2.36. The summed E-state index contributed by atoms with van der Waals surface area (Å²) in [5.41, 5.74) is 1.64. The fraction of sp³-hybridized carbons (Fsp3) is 0.462. The van der Waals surface area contributed by atoms with Gasteiger partial charge in [0.2, 0.25) is 0 Å². The fourth-order valence-corrected chi connectivity index (χ4v) is 2.58. The fourth-order valence-electron chi connectivity index (χ4n) is 2.58. The van der Waals surface area contributed by atoms with E-state index in [1.807, 2.05) is 0 Å². The third kappa shape index (κ3) is 2.31. The van der Waals surface area contributed by atoms with Crippen molar-refractivity contribution in [2.45, 2.75) is 37.1 Å². The van der Waals surface area contributed by atoms with Gasteiger partial charge in [0.1, 0.15) is 17.5 Å². The van der Waals surface area contributed by atoms with Gasteiger partial charge in [-0.05, 0) is 30.9 Å². The third-order valence-electron chi connectivity index (χ3n) is 3.57. The molecule has 7 heteroatoms. The first-order valence-corrected chi connectivity index (χ1v) is 6.05. The summed E-state index contributed by atoms with van der Waals surface area (Å²) >= 11 is 0. The van der Waals surface area contributed by atoms with Crippen molar-refractivity contribution in [1.29, 1.82) is 0 Å². The number of carbonyl (C=O) groups excluding carboxylic acids is 1. The van der Waals surface area contributed by atoms with Gasteiger partial charge in [-0.2, -0.15) is 13.2 Å². The van der Waals surface area contributed by atoms with E-state index in [1.165, 1.54) is 0 Å². The van der Waals surface area contributed by atoms with Crippen LogP contribution in [0.1, 0.15) is 30.4 Å². The van der Waals surface area contributed by atoms with Gasteiger partial charge in [0.15, 0.2) is 5.78 Å². The quantitative estimate of drug-likeness (QED) is 0.779. The van der Waals surface area contributed by atoms with Crippen molar-refractivity contribution in [1.82, 2.24) is 0 Å². The van der Waals surface area contributed by atoms with E-state index in [9.17, 15) is 27.5 Å². The number of benzene rings is 1. The first-order valence-electron chi connectivity index (χ1n) is 6.05. The molecule has 1 aliphatic carbocycles. The summed E-state index contributed by atoms with van der Waals surface area (Å²) in [4.78, 5) is 12.0. The molecule has 0 saturated heterocycles. The monoisotopic (exact) mass is 291 g/mol. The highest BCUT2D eigenvalue weighted by Crippen LogP contribution is 2.41. The number of hydrogen-bond donors (Lipinski definition) is 2. The SMILES string of the molecule is NC1(c2cccc(F)c2C(F)(F)F)CCCC(O)C1=O. The molecule has 0 amide bonds. The van der Waals surface area contributed by atoms with Crippen molar-refractivity contribution in [3.8, 4) is 0 Å². The van der Waals surface area contributed by atoms with Gasteiger partial charge in [0.25, 0.3) is 0 Å². The van der Waals surface area contributed by atoms with Crippen LogP contribution in [0.15, 0.2) is 18.2 Å². The predicted octanol–water partition coefficient (Wildman–Crippen LogP) is 2.11. The van der Waals surface area contributed by atoms with Crippen molar-refractivity contribution in [2.75, 3.05) is 0 Å². The molecule has 2 unspecified atom stereocenters. The van der Waals surface area contributed by atoms with Crippen LogP contribution >= 0.6 is 0 Å². The van der Waals surface area contributed by atoms with E-state index < -0.39 is 40.5 Å². The Balaban J connectivity index is 2.63. The lowest BCUT2D eigenvalue weighted by molar-refractivity contribution is -0.143. The van der Waals surface area contributed by atoms with Gasteiger partial charge in [-0.3, -0.25) is 4.79 Å². The summed E-state index contributed by atoms with van der Waals surface area (Å²) in [6, 6.07) is 2.73. The number of hydrogen-bond acceptors (Lipinski definition) is 3. The Bertz CT molecular complexity index is 544. The maximum absolute atomic E-state index is 13.5. The van der Waals surface area contributed by atoms with E-state index in [0.29, 0.717) is 6.07 Å². The molecule has 0 radical (unpaired) electrons. The highest BCUT2D eigenvalue weighted by atomic mass is 19.4. The van der Waals surface area contributed by atoms with Crippen LogP contribution in [0.2, 0.25) is 0 Å². The van der Waals surface area contributed by atoms with Crippen LogP contribution in [0, 0.1) is 5.82 Å². The van der Waals surface area contributed by atoms with Gasteiger partial charge in [-0.1, -0.05) is 12.1 Å². The van der Waals surface area contributed by atoms with Gasteiger partial charge in [0.05, 0.1) is 5.56 Å². The Hall–Kier alpha value is -1.47. The van der Waals surface area contributed by atoms with E-state index in [-0.39, 0.29) is 19.3 Å². The second-order valence-corrected chi connectivity index (χ2v) is 4.90. The number of ketones is 1. The van der Waals surface area contributed by atoms with Gasteiger partial charge in [-0.15, -0.1) is 0 Å². The van der Waals surface area contributed by atoms with Crippen LogP contribution in [0.4, 0.5) is 17.6 Å². The molecule has 1 aromatic carbocycles. The van der Waals surface area contributed by atoms with E-state index in [1.54, 1.807) is 0 Å². The Kier molecular flexibility index (Phi) is 3.60. The molecule has 0 aliphatic heterocycles. The van der Waals surface area contributed by atoms with E-state index in [2.05, 4.69) is 0 Å². The van der Waals surface area contributed by atoms with Gasteiger partial charge < -0.3 is 10.8 Å². The molecule has 0 bridgehead atoms. The largest absolute Gasteiger partial charge is 0.419 e. The van der Waals surface area contributed by atoms with Gasteiger partial charge in [-0.25, -0.2) is 4.39 Å². The van der Waals surface area contributed by atoms with E-state index >= 15 is 0 Å². The minimum atomic E-state index is -4.96. The summed E-state index contributed by atoms with van der Waals surface area (Å²) in [6.45, 7) is 0. The molecule has 0 heterocycles. The number of Topliss-reactive ketones (excluding diaryl/α,β-unsaturated/α-hetero) is 1. The van der Waals surface area contributed by atoms with Crippen LogP contribution in [0.3, 0.4) is 0 Å². The van der Waals surface area contributed by atoms with Crippen molar-refractivity contribution >= 4 is 5.78 Å². The molecule has 3 N–H and O–H groups in total. The van der Waals surface area contributed by atoms with Gasteiger partial charge >= 0.3 is 6.18 Å². The summed E-state index contributed by atoms with van der Waals surface area (Å²) in [7, 11) is 0. The maximum Gasteiger partial charge on any atom is 0.419 e. The molecule has 2 rings (SSSR count).